The Balaban J connectivity index is 2.04. The Bertz CT molecular complexity index is 528. The summed E-state index contributed by atoms with van der Waals surface area (Å²) < 4.78 is 0. The lowest BCUT2D eigenvalue weighted by atomic mass is 10.0. The topological polar surface area (TPSA) is 43.9 Å². The van der Waals surface area contributed by atoms with Crippen molar-refractivity contribution in [2.75, 3.05) is 38.1 Å². The highest BCUT2D eigenvalue weighted by Gasteiger charge is 2.33. The molecule has 1 aliphatic rings. The number of piperidine rings is 1. The largest absolute Gasteiger partial charge is 0.342 e. The molecule has 5 heteroatoms. The Hall–Kier alpha value is -1.88. The molecule has 1 heterocycles. The number of likely N-dealkylation sites (N-methyl/N-ethyl adjacent to an activating group) is 2. The minimum Gasteiger partial charge on any atom is -0.342 e. The lowest BCUT2D eigenvalue weighted by Crippen LogP contribution is -2.53. The predicted octanol–water partition coefficient (Wildman–Crippen LogP) is 1.98. The van der Waals surface area contributed by atoms with Gasteiger partial charge < -0.3 is 9.80 Å². The molecule has 2 rings (SSSR count). The number of carbonyl (C=O) groups is 2. The van der Waals surface area contributed by atoms with Crippen LogP contribution in [0.1, 0.15) is 26.7 Å². The van der Waals surface area contributed by atoms with Crippen molar-refractivity contribution in [2.45, 2.75) is 32.7 Å². The average molecular weight is 317 g/mol. The van der Waals surface area contributed by atoms with Crippen LogP contribution in [0.4, 0.5) is 5.69 Å². The molecule has 1 saturated heterocycles. The number of hydrogen-bond acceptors (Lipinski definition) is 3. The highest BCUT2D eigenvalue weighted by atomic mass is 16.2. The van der Waals surface area contributed by atoms with Crippen LogP contribution in [0.15, 0.2) is 30.3 Å². The van der Waals surface area contributed by atoms with Gasteiger partial charge in [0.05, 0.1) is 12.6 Å². The minimum absolute atomic E-state index is 0.0853. The second-order valence-electron chi connectivity index (χ2n) is 5.96. The molecule has 5 nitrogen and oxygen atoms in total. The molecular formula is C18H27N3O2. The Kier molecular flexibility index (Phi) is 6.16. The van der Waals surface area contributed by atoms with Gasteiger partial charge in [-0.25, -0.2) is 0 Å². The summed E-state index contributed by atoms with van der Waals surface area (Å²) in [6, 6.07) is 9.54. The van der Waals surface area contributed by atoms with Crippen molar-refractivity contribution >= 4 is 17.5 Å². The number of nitrogens with zero attached hydrogens (tertiary/aromatic N) is 3. The van der Waals surface area contributed by atoms with E-state index in [0.717, 1.165) is 25.1 Å². The lowest BCUT2D eigenvalue weighted by molar-refractivity contribution is -0.134. The molecule has 1 aromatic rings. The molecule has 126 valence electrons. The molecular weight excluding hydrogens is 290 g/mol. The highest BCUT2D eigenvalue weighted by Crippen LogP contribution is 2.23. The van der Waals surface area contributed by atoms with Crippen LogP contribution < -0.4 is 4.90 Å². The molecule has 0 saturated carbocycles. The molecule has 1 fully saturated rings. The third-order valence-electron chi connectivity index (χ3n) is 4.51. The van der Waals surface area contributed by atoms with Crippen molar-refractivity contribution in [3.05, 3.63) is 30.3 Å². The standard InChI is InChI=1S/C18H27N3O2/c1-4-20(5-2)17(22)14-19(3)16-12-9-13-21(18(16)23)15-10-7-6-8-11-15/h6-8,10-11,16H,4-5,9,12-14H2,1-3H3. The quantitative estimate of drug-likeness (QED) is 0.806. The normalized spacial score (nSPS) is 18.3. The van der Waals surface area contributed by atoms with Crippen LogP contribution in [0, 0.1) is 0 Å². The molecule has 0 aliphatic carbocycles. The van der Waals surface area contributed by atoms with Crippen molar-refractivity contribution in [2.24, 2.45) is 0 Å². The van der Waals surface area contributed by atoms with Crippen LogP contribution in [0.25, 0.3) is 0 Å². The van der Waals surface area contributed by atoms with Gasteiger partial charge in [-0.3, -0.25) is 14.5 Å². The van der Waals surface area contributed by atoms with Gasteiger partial charge in [0.15, 0.2) is 0 Å². The van der Waals surface area contributed by atoms with Crippen molar-refractivity contribution in [3.8, 4) is 0 Å². The van der Waals surface area contributed by atoms with E-state index >= 15 is 0 Å². The Morgan fingerprint density at radius 3 is 2.48 bits per heavy atom. The van der Waals surface area contributed by atoms with Gasteiger partial charge in [-0.2, -0.15) is 0 Å². The molecule has 0 radical (unpaired) electrons. The summed E-state index contributed by atoms with van der Waals surface area (Å²) in [5, 5.41) is 0. The van der Waals surface area contributed by atoms with E-state index in [0.29, 0.717) is 19.6 Å². The van der Waals surface area contributed by atoms with E-state index in [9.17, 15) is 9.59 Å². The van der Waals surface area contributed by atoms with E-state index in [1.54, 1.807) is 4.90 Å². The molecule has 2 amide bonds. The monoisotopic (exact) mass is 317 g/mol. The third-order valence-corrected chi connectivity index (χ3v) is 4.51. The van der Waals surface area contributed by atoms with Gasteiger partial charge in [0.2, 0.25) is 11.8 Å². The van der Waals surface area contributed by atoms with E-state index in [1.165, 1.54) is 0 Å². The Morgan fingerprint density at radius 1 is 1.22 bits per heavy atom. The molecule has 1 aliphatic heterocycles. The zero-order valence-electron chi connectivity index (χ0n) is 14.4. The van der Waals surface area contributed by atoms with E-state index in [-0.39, 0.29) is 17.9 Å². The molecule has 1 atom stereocenters. The lowest BCUT2D eigenvalue weighted by Gasteiger charge is -2.37. The first kappa shape index (κ1) is 17.5. The summed E-state index contributed by atoms with van der Waals surface area (Å²) in [7, 11) is 1.87. The smallest absolute Gasteiger partial charge is 0.244 e. The molecule has 0 N–H and O–H groups in total. The van der Waals surface area contributed by atoms with Gasteiger partial charge >= 0.3 is 0 Å². The zero-order valence-corrected chi connectivity index (χ0v) is 14.4. The summed E-state index contributed by atoms with van der Waals surface area (Å²) in [5.41, 5.74) is 0.936. The van der Waals surface area contributed by atoms with Crippen LogP contribution in [0.3, 0.4) is 0 Å². The van der Waals surface area contributed by atoms with Crippen molar-refractivity contribution in [1.82, 2.24) is 9.80 Å². The maximum Gasteiger partial charge on any atom is 0.244 e. The third kappa shape index (κ3) is 4.10. The summed E-state index contributed by atoms with van der Waals surface area (Å²) >= 11 is 0. The number of para-hydroxylation sites is 1. The van der Waals surface area contributed by atoms with Gasteiger partial charge in [-0.05, 0) is 45.9 Å². The average Bonchev–Trinajstić information content (AvgIpc) is 2.56. The van der Waals surface area contributed by atoms with Crippen LogP contribution in [0.5, 0.6) is 0 Å². The SMILES string of the molecule is CCN(CC)C(=O)CN(C)C1CCCN(c2ccccc2)C1=O. The van der Waals surface area contributed by atoms with E-state index in [4.69, 9.17) is 0 Å². The van der Waals surface area contributed by atoms with Gasteiger partial charge in [0.25, 0.3) is 0 Å². The van der Waals surface area contributed by atoms with Gasteiger partial charge in [0.1, 0.15) is 0 Å². The maximum atomic E-state index is 12.8. The fourth-order valence-corrected chi connectivity index (χ4v) is 3.13. The van der Waals surface area contributed by atoms with Gasteiger partial charge in [-0.15, -0.1) is 0 Å². The first-order valence-corrected chi connectivity index (χ1v) is 8.42. The fourth-order valence-electron chi connectivity index (χ4n) is 3.13. The minimum atomic E-state index is -0.219. The van der Waals surface area contributed by atoms with E-state index < -0.39 is 0 Å². The molecule has 0 bridgehead atoms. The first-order valence-electron chi connectivity index (χ1n) is 8.42. The van der Waals surface area contributed by atoms with Crippen LogP contribution in [-0.2, 0) is 9.59 Å². The molecule has 1 unspecified atom stereocenters. The zero-order chi connectivity index (χ0) is 16.8. The molecule has 0 spiro atoms. The summed E-state index contributed by atoms with van der Waals surface area (Å²) in [6.45, 7) is 6.41. The molecule has 0 aromatic heterocycles. The summed E-state index contributed by atoms with van der Waals surface area (Å²) in [6.07, 6.45) is 1.76. The highest BCUT2D eigenvalue weighted by molar-refractivity contribution is 5.98. The second kappa shape index (κ2) is 8.11. The van der Waals surface area contributed by atoms with Gasteiger partial charge in [0, 0.05) is 25.3 Å². The van der Waals surface area contributed by atoms with Gasteiger partial charge in [-0.1, -0.05) is 18.2 Å². The maximum absolute atomic E-state index is 12.8. The Morgan fingerprint density at radius 2 is 1.87 bits per heavy atom. The molecule has 23 heavy (non-hydrogen) atoms. The number of anilines is 1. The van der Waals surface area contributed by atoms with Crippen LogP contribution in [-0.4, -0.2) is 60.9 Å². The van der Waals surface area contributed by atoms with Crippen LogP contribution in [0.2, 0.25) is 0 Å². The number of rotatable bonds is 6. The summed E-state index contributed by atoms with van der Waals surface area (Å²) in [5.74, 6) is 0.180. The number of benzene rings is 1. The van der Waals surface area contributed by atoms with Crippen molar-refractivity contribution in [3.63, 3.8) is 0 Å². The molecule has 1 aromatic carbocycles. The van der Waals surface area contributed by atoms with E-state index in [2.05, 4.69) is 0 Å². The number of carbonyl (C=O) groups excluding carboxylic acids is 2. The fraction of sp³-hybridized carbons (Fsp3) is 0.556. The predicted molar refractivity (Wildman–Crippen MR) is 92.4 cm³/mol. The summed E-state index contributed by atoms with van der Waals surface area (Å²) in [4.78, 5) is 30.6. The second-order valence-corrected chi connectivity index (χ2v) is 5.96. The first-order chi connectivity index (χ1) is 11.1. The number of hydrogen-bond donors (Lipinski definition) is 0. The number of amides is 2. The van der Waals surface area contributed by atoms with E-state index in [1.807, 2.05) is 61.0 Å². The van der Waals surface area contributed by atoms with Crippen molar-refractivity contribution in [1.29, 1.82) is 0 Å². The van der Waals surface area contributed by atoms with Crippen molar-refractivity contribution < 1.29 is 9.59 Å². The Labute approximate surface area is 138 Å². The van der Waals surface area contributed by atoms with Crippen LogP contribution >= 0.6 is 0 Å².